The Kier molecular flexibility index (Phi) is 10.9. The highest BCUT2D eigenvalue weighted by Gasteiger charge is 2.87. The van der Waals surface area contributed by atoms with Gasteiger partial charge < -0.3 is 64.2 Å². The van der Waals surface area contributed by atoms with Crippen LogP contribution in [0.5, 0.6) is 0 Å². The summed E-state index contributed by atoms with van der Waals surface area (Å²) in [4.78, 5) is 14.2. The van der Waals surface area contributed by atoms with Crippen LogP contribution in [0.2, 0.25) is 0 Å². The molecule has 21 atom stereocenters. The molecule has 19 heteroatoms. The van der Waals surface area contributed by atoms with Gasteiger partial charge in [0.05, 0.1) is 30.5 Å². The second kappa shape index (κ2) is 14.4. The lowest BCUT2D eigenvalue weighted by Crippen LogP contribution is -2.71. The van der Waals surface area contributed by atoms with E-state index in [0.29, 0.717) is 25.7 Å². The van der Waals surface area contributed by atoms with Crippen LogP contribution in [0, 0.1) is 45.3 Å². The molecule has 18 unspecified atom stereocenters. The lowest BCUT2D eigenvalue weighted by Gasteiger charge is -2.68. The summed E-state index contributed by atoms with van der Waals surface area (Å²) in [6, 6.07) is 0. The average Bonchev–Trinajstić information content (AvgIpc) is 3.69. The van der Waals surface area contributed by atoms with Crippen LogP contribution < -0.4 is 0 Å². The van der Waals surface area contributed by atoms with Crippen LogP contribution in [0.1, 0.15) is 99.8 Å². The van der Waals surface area contributed by atoms with Crippen LogP contribution in [0.3, 0.4) is 0 Å². The first-order chi connectivity index (χ1) is 27.2. The van der Waals surface area contributed by atoms with Gasteiger partial charge in [0.1, 0.15) is 53.7 Å². The molecule has 0 aromatic heterocycles. The van der Waals surface area contributed by atoms with Crippen molar-refractivity contribution in [3.63, 3.8) is 0 Å². The van der Waals surface area contributed by atoms with Crippen LogP contribution in [0.4, 0.5) is 0 Å². The zero-order valence-electron chi connectivity index (χ0n) is 34.7. The van der Waals surface area contributed by atoms with Gasteiger partial charge in [-0.2, -0.15) is 8.42 Å². The first-order valence-electron chi connectivity index (χ1n) is 21.2. The standard InChI is InChI=1S/C40H64O18S/c1-17(20-10-12-35(2,3)57-20)40(48)25-15-38(7)18-8-9-22-36(4,5)24(11-13-37(22,6)19(18)14-23(41)39(38,40)34(47)54-25)53-33-30(26(42)21(16-52-33)58-59(49,50)51)55-32-29(45)27(43)28(44)31(46)56-32/h17-33,41-46,48H,8-16H2,1-7H3,(H,49,50,51)/t17?,18?,19?,20?,21?,22?,23?,24?,25?,26?,27?,28?,29?,30?,31?,32?,33?,37-,38+,39?,40-/m1/s1. The van der Waals surface area contributed by atoms with Crippen molar-refractivity contribution >= 4 is 16.4 Å². The van der Waals surface area contributed by atoms with Crippen LogP contribution in [-0.4, -0.2) is 152 Å². The number of carbonyl (C=O) groups is 1. The van der Waals surface area contributed by atoms with Crippen molar-refractivity contribution in [2.45, 2.75) is 191 Å². The first kappa shape index (κ1) is 44.5. The number of aliphatic hydroxyl groups excluding tert-OH is 6. The van der Waals surface area contributed by atoms with E-state index < -0.39 is 125 Å². The summed E-state index contributed by atoms with van der Waals surface area (Å²) >= 11 is 0. The van der Waals surface area contributed by atoms with Crippen molar-refractivity contribution in [3.8, 4) is 0 Å². The van der Waals surface area contributed by atoms with Gasteiger partial charge in [-0.15, -0.1) is 0 Å². The second-order valence-corrected chi connectivity index (χ2v) is 21.7. The fourth-order valence-electron chi connectivity index (χ4n) is 14.3. The summed E-state index contributed by atoms with van der Waals surface area (Å²) in [5.41, 5.74) is -5.22. The van der Waals surface area contributed by atoms with Crippen molar-refractivity contribution in [1.82, 2.24) is 0 Å². The van der Waals surface area contributed by atoms with Gasteiger partial charge in [-0.3, -0.25) is 9.35 Å². The smallest absolute Gasteiger partial charge is 0.397 e. The Hall–Kier alpha value is -1.14. The van der Waals surface area contributed by atoms with Gasteiger partial charge >= 0.3 is 16.4 Å². The number of carbonyl (C=O) groups excluding carboxylic acids is 1. The Balaban J connectivity index is 1.04. The molecule has 1 spiro atoms. The molecule has 59 heavy (non-hydrogen) atoms. The molecule has 338 valence electrons. The van der Waals surface area contributed by atoms with Gasteiger partial charge in [0.2, 0.25) is 0 Å². The summed E-state index contributed by atoms with van der Waals surface area (Å²) in [7, 11) is -5.07. The highest BCUT2D eigenvalue weighted by atomic mass is 32.3. The third kappa shape index (κ3) is 6.37. The van der Waals surface area contributed by atoms with Gasteiger partial charge in [-0.1, -0.05) is 34.6 Å². The first-order valence-corrected chi connectivity index (χ1v) is 22.5. The van der Waals surface area contributed by atoms with Crippen molar-refractivity contribution in [1.29, 1.82) is 0 Å². The molecular weight excluding hydrogens is 800 g/mol. The van der Waals surface area contributed by atoms with Gasteiger partial charge in [0, 0.05) is 5.92 Å². The number of aliphatic hydroxyl groups is 7. The molecule has 0 aromatic rings. The van der Waals surface area contributed by atoms with Crippen LogP contribution in [0.15, 0.2) is 0 Å². The van der Waals surface area contributed by atoms with E-state index in [1.165, 1.54) is 0 Å². The maximum Gasteiger partial charge on any atom is 0.397 e. The molecule has 2 bridgehead atoms. The maximum absolute atomic E-state index is 14.2. The monoisotopic (exact) mass is 864 g/mol. The number of fused-ring (bicyclic) bond motifs is 5. The molecule has 4 aliphatic heterocycles. The molecule has 8 fully saturated rings. The van der Waals surface area contributed by atoms with E-state index in [1.54, 1.807) is 0 Å². The van der Waals surface area contributed by atoms with Gasteiger partial charge in [-0.05, 0) is 99.2 Å². The van der Waals surface area contributed by atoms with E-state index in [1.807, 2.05) is 20.8 Å². The zero-order valence-corrected chi connectivity index (χ0v) is 35.6. The third-order valence-corrected chi connectivity index (χ3v) is 17.6. The summed E-state index contributed by atoms with van der Waals surface area (Å²) in [5, 5.41) is 77.9. The molecule has 8 rings (SSSR count). The summed E-state index contributed by atoms with van der Waals surface area (Å²) < 4.78 is 73.2. The van der Waals surface area contributed by atoms with E-state index in [-0.39, 0.29) is 34.9 Å². The van der Waals surface area contributed by atoms with Crippen LogP contribution >= 0.6 is 0 Å². The molecule has 0 amide bonds. The molecule has 0 aromatic carbocycles. The van der Waals surface area contributed by atoms with Crippen LogP contribution in [-0.2, 0) is 47.8 Å². The molecule has 8 N–H and O–H groups in total. The van der Waals surface area contributed by atoms with Crippen molar-refractivity contribution in [2.75, 3.05) is 6.61 Å². The topological polar surface area (TPSA) is 278 Å². The average molecular weight is 865 g/mol. The van der Waals surface area contributed by atoms with E-state index in [0.717, 1.165) is 25.7 Å². The molecule has 4 saturated heterocycles. The molecular formula is C40H64O18S. The minimum absolute atomic E-state index is 0.0103. The summed E-state index contributed by atoms with van der Waals surface area (Å²) in [6.07, 6.45) is -14.1. The quantitative estimate of drug-likeness (QED) is 0.0926. The lowest BCUT2D eigenvalue weighted by atomic mass is 9.36. The number of rotatable bonds is 8. The highest BCUT2D eigenvalue weighted by molar-refractivity contribution is 7.80. The number of hydrogen-bond donors (Lipinski definition) is 8. The summed E-state index contributed by atoms with van der Waals surface area (Å²) in [6.45, 7) is 13.9. The zero-order chi connectivity index (χ0) is 43.2. The van der Waals surface area contributed by atoms with Gasteiger partial charge in [-0.25, -0.2) is 4.18 Å². The lowest BCUT2D eigenvalue weighted by molar-refractivity contribution is -0.383. The Morgan fingerprint density at radius 3 is 2.17 bits per heavy atom. The normalized spacial score (nSPS) is 54.5. The Morgan fingerprint density at radius 1 is 0.831 bits per heavy atom. The van der Waals surface area contributed by atoms with E-state index in [9.17, 15) is 53.5 Å². The largest absolute Gasteiger partial charge is 0.459 e. The van der Waals surface area contributed by atoms with Gasteiger partial charge in [0.15, 0.2) is 18.9 Å². The Labute approximate surface area is 344 Å². The fraction of sp³-hybridized carbons (Fsp3) is 0.975. The minimum atomic E-state index is -5.07. The molecule has 0 radical (unpaired) electrons. The maximum atomic E-state index is 14.2. The number of ether oxygens (including phenoxy) is 6. The predicted octanol–water partition coefficient (Wildman–Crippen LogP) is 0.299. The molecule has 4 heterocycles. The SMILES string of the molecule is CC(C1CCC(C)(C)O1)[C@@]1(O)C2C[C@@]3(C)C4CCC5C(C)(C)C(OC6OCC(OS(=O)(=O)O)C(O)C6OC6OC(O)C(O)C(O)C6O)CC[C@]5(C)C4CC(O)C13C(=O)O2. The molecule has 18 nitrogen and oxygen atoms in total. The van der Waals surface area contributed by atoms with Crippen molar-refractivity contribution < 1.29 is 86.1 Å². The molecule has 8 aliphatic rings. The Morgan fingerprint density at radius 2 is 1.53 bits per heavy atom. The molecule has 4 saturated carbocycles. The number of esters is 1. The predicted molar refractivity (Wildman–Crippen MR) is 200 cm³/mol. The fourth-order valence-corrected chi connectivity index (χ4v) is 14.8. The van der Waals surface area contributed by atoms with Gasteiger partial charge in [0.25, 0.3) is 0 Å². The van der Waals surface area contributed by atoms with E-state index >= 15 is 0 Å². The highest BCUT2D eigenvalue weighted by Crippen LogP contribution is 2.78. The summed E-state index contributed by atoms with van der Waals surface area (Å²) in [5.74, 6) is -1.03. The van der Waals surface area contributed by atoms with Crippen LogP contribution in [0.25, 0.3) is 0 Å². The van der Waals surface area contributed by atoms with Crippen molar-refractivity contribution in [2.24, 2.45) is 45.3 Å². The van der Waals surface area contributed by atoms with Crippen molar-refractivity contribution in [3.05, 3.63) is 0 Å². The van der Waals surface area contributed by atoms with E-state index in [4.69, 9.17) is 28.4 Å². The third-order valence-electron chi connectivity index (χ3n) is 17.1. The molecule has 4 aliphatic carbocycles. The van der Waals surface area contributed by atoms with E-state index in [2.05, 4.69) is 31.9 Å². The second-order valence-electron chi connectivity index (χ2n) is 20.7. The minimum Gasteiger partial charge on any atom is -0.459 e. The number of hydrogen-bond acceptors (Lipinski definition) is 17. The Bertz CT molecular complexity index is 1750.